The lowest BCUT2D eigenvalue weighted by Gasteiger charge is -2.29. The van der Waals surface area contributed by atoms with Crippen LogP contribution in [0.1, 0.15) is 98.8 Å². The molecule has 0 bridgehead atoms. The fraction of sp³-hybridized carbons (Fsp3) is 0.667. The Bertz CT molecular complexity index is 675. The minimum absolute atomic E-state index is 0.00741. The van der Waals surface area contributed by atoms with Crippen molar-refractivity contribution in [3.63, 3.8) is 0 Å². The van der Waals surface area contributed by atoms with Crippen LogP contribution in [-0.2, 0) is 4.74 Å². The lowest BCUT2D eigenvalue weighted by molar-refractivity contribution is -0.0342. The summed E-state index contributed by atoms with van der Waals surface area (Å²) in [6, 6.07) is 0. The zero-order valence-corrected chi connectivity index (χ0v) is 22.0. The summed E-state index contributed by atoms with van der Waals surface area (Å²) in [5.74, 6) is -0.146. The first kappa shape index (κ1) is 29.6. The third kappa shape index (κ3) is 14.4. The van der Waals surface area contributed by atoms with Gasteiger partial charge in [0, 0.05) is 5.92 Å². The Labute approximate surface area is 204 Å². The maximum Gasteiger partial charge on any atom is 0.0680 e. The molecule has 0 aromatic rings. The van der Waals surface area contributed by atoms with Crippen molar-refractivity contribution in [3.05, 3.63) is 58.2 Å². The zero-order valence-electron chi connectivity index (χ0n) is 22.0. The van der Waals surface area contributed by atoms with Gasteiger partial charge in [0.25, 0.3) is 0 Å². The standard InChI is InChI=1S/C30H50O3/c1-24(2)11-8-14-27(5)16-9-15-25(3)12-6-7-13-26(4)17-10-18-28-19-20-30(33-23-28)29(21-31)22-32/h11-13,16,18,29-32H,6-10,14-15,17,19-23H2,1-5H3/b25-12+,26-13+,27-16+,28-18-. The van der Waals surface area contributed by atoms with Gasteiger partial charge in [0.05, 0.1) is 25.9 Å². The van der Waals surface area contributed by atoms with Gasteiger partial charge < -0.3 is 14.9 Å². The summed E-state index contributed by atoms with van der Waals surface area (Å²) in [7, 11) is 0. The largest absolute Gasteiger partial charge is 0.396 e. The smallest absolute Gasteiger partial charge is 0.0680 e. The van der Waals surface area contributed by atoms with E-state index in [4.69, 9.17) is 4.74 Å². The van der Waals surface area contributed by atoms with Crippen molar-refractivity contribution in [3.8, 4) is 0 Å². The molecule has 0 amide bonds. The van der Waals surface area contributed by atoms with E-state index in [0.717, 1.165) is 57.8 Å². The number of aliphatic hydroxyl groups is 2. The molecule has 1 unspecified atom stereocenters. The number of hydrogen-bond acceptors (Lipinski definition) is 3. The van der Waals surface area contributed by atoms with Crippen LogP contribution in [0.3, 0.4) is 0 Å². The van der Waals surface area contributed by atoms with Gasteiger partial charge in [-0.2, -0.15) is 0 Å². The summed E-state index contributed by atoms with van der Waals surface area (Å²) in [5, 5.41) is 18.6. The van der Waals surface area contributed by atoms with Crippen LogP contribution in [-0.4, -0.2) is 36.1 Å². The van der Waals surface area contributed by atoms with Crippen LogP contribution in [0.15, 0.2) is 58.2 Å². The average molecular weight is 459 g/mol. The van der Waals surface area contributed by atoms with Gasteiger partial charge in [-0.25, -0.2) is 0 Å². The maximum absolute atomic E-state index is 9.30. The molecular weight excluding hydrogens is 408 g/mol. The van der Waals surface area contributed by atoms with E-state index in [1.54, 1.807) is 0 Å². The first-order chi connectivity index (χ1) is 15.8. The number of unbranched alkanes of at least 4 members (excludes halogenated alkanes) is 1. The summed E-state index contributed by atoms with van der Waals surface area (Å²) in [5.41, 5.74) is 7.23. The first-order valence-corrected chi connectivity index (χ1v) is 13.0. The second-order valence-electron chi connectivity index (χ2n) is 10.0. The molecule has 0 aromatic heterocycles. The lowest BCUT2D eigenvalue weighted by Crippen LogP contribution is -2.33. The van der Waals surface area contributed by atoms with Crippen LogP contribution >= 0.6 is 0 Å². The third-order valence-electron chi connectivity index (χ3n) is 6.47. The highest BCUT2D eigenvalue weighted by Crippen LogP contribution is 2.24. The predicted molar refractivity (Wildman–Crippen MR) is 142 cm³/mol. The Morgan fingerprint density at radius 3 is 1.79 bits per heavy atom. The van der Waals surface area contributed by atoms with E-state index in [0.29, 0.717) is 6.61 Å². The number of allylic oxidation sites excluding steroid dienone is 9. The molecule has 188 valence electrons. The fourth-order valence-corrected chi connectivity index (χ4v) is 4.13. The first-order valence-electron chi connectivity index (χ1n) is 13.0. The topological polar surface area (TPSA) is 49.7 Å². The van der Waals surface area contributed by atoms with Crippen molar-refractivity contribution in [1.29, 1.82) is 0 Å². The van der Waals surface area contributed by atoms with Crippen molar-refractivity contribution in [2.45, 2.75) is 105 Å². The van der Waals surface area contributed by atoms with E-state index in [-0.39, 0.29) is 25.2 Å². The van der Waals surface area contributed by atoms with Crippen LogP contribution in [0.2, 0.25) is 0 Å². The molecule has 1 rings (SSSR count). The molecule has 3 nitrogen and oxygen atoms in total. The molecule has 1 atom stereocenters. The SMILES string of the molecule is CC(C)=CCC/C(C)=C/CC/C(C)=C/CC/C=C(\C)CC/C=C1/CCC(C(CO)CO)OC1. The van der Waals surface area contributed by atoms with Gasteiger partial charge in [0.1, 0.15) is 0 Å². The number of aliphatic hydroxyl groups excluding tert-OH is 2. The Balaban J connectivity index is 2.22. The van der Waals surface area contributed by atoms with E-state index in [1.807, 2.05) is 0 Å². The monoisotopic (exact) mass is 458 g/mol. The summed E-state index contributed by atoms with van der Waals surface area (Å²) in [6.45, 7) is 11.7. The van der Waals surface area contributed by atoms with E-state index in [1.165, 1.54) is 34.3 Å². The van der Waals surface area contributed by atoms with E-state index < -0.39 is 0 Å². The molecule has 1 aliphatic heterocycles. The quantitative estimate of drug-likeness (QED) is 0.196. The maximum atomic E-state index is 9.30. The minimum Gasteiger partial charge on any atom is -0.396 e. The zero-order chi connectivity index (χ0) is 24.5. The normalized spacial score (nSPS) is 19.5. The van der Waals surface area contributed by atoms with E-state index in [9.17, 15) is 10.2 Å². The number of rotatable bonds is 15. The summed E-state index contributed by atoms with van der Waals surface area (Å²) < 4.78 is 5.85. The van der Waals surface area contributed by atoms with Crippen LogP contribution in [0.4, 0.5) is 0 Å². The second kappa shape index (κ2) is 18.0. The molecule has 1 saturated heterocycles. The molecule has 0 saturated carbocycles. The highest BCUT2D eigenvalue weighted by molar-refractivity contribution is 5.09. The Morgan fingerprint density at radius 1 is 0.788 bits per heavy atom. The van der Waals surface area contributed by atoms with Gasteiger partial charge in [-0.05, 0) is 104 Å². The van der Waals surface area contributed by atoms with Gasteiger partial charge in [-0.1, -0.05) is 52.7 Å². The molecule has 1 fully saturated rings. The van der Waals surface area contributed by atoms with Crippen molar-refractivity contribution in [1.82, 2.24) is 0 Å². The molecule has 0 radical (unpaired) electrons. The van der Waals surface area contributed by atoms with Crippen LogP contribution < -0.4 is 0 Å². The average Bonchev–Trinajstić information content (AvgIpc) is 2.78. The highest BCUT2D eigenvalue weighted by Gasteiger charge is 2.24. The predicted octanol–water partition coefficient (Wildman–Crippen LogP) is 7.62. The molecule has 0 spiro atoms. The molecule has 33 heavy (non-hydrogen) atoms. The Morgan fingerprint density at radius 2 is 1.30 bits per heavy atom. The summed E-state index contributed by atoms with van der Waals surface area (Å²) in [6.07, 6.45) is 22.8. The molecule has 1 aliphatic rings. The lowest BCUT2D eigenvalue weighted by atomic mass is 9.94. The number of ether oxygens (including phenoxy) is 1. The number of hydrogen-bond donors (Lipinski definition) is 2. The van der Waals surface area contributed by atoms with Gasteiger partial charge in [0.15, 0.2) is 0 Å². The summed E-state index contributed by atoms with van der Waals surface area (Å²) >= 11 is 0. The van der Waals surface area contributed by atoms with Crippen molar-refractivity contribution in [2.75, 3.05) is 19.8 Å². The van der Waals surface area contributed by atoms with Gasteiger partial charge in [0.2, 0.25) is 0 Å². The molecule has 2 N–H and O–H groups in total. The molecule has 3 heteroatoms. The van der Waals surface area contributed by atoms with Gasteiger partial charge >= 0.3 is 0 Å². The van der Waals surface area contributed by atoms with Crippen LogP contribution in [0.5, 0.6) is 0 Å². The van der Waals surface area contributed by atoms with Crippen LogP contribution in [0, 0.1) is 5.92 Å². The second-order valence-corrected chi connectivity index (χ2v) is 10.0. The van der Waals surface area contributed by atoms with E-state index in [2.05, 4.69) is 65.0 Å². The van der Waals surface area contributed by atoms with Gasteiger partial charge in [-0.3, -0.25) is 0 Å². The summed E-state index contributed by atoms with van der Waals surface area (Å²) in [4.78, 5) is 0. The Hall–Kier alpha value is -1.42. The van der Waals surface area contributed by atoms with Crippen molar-refractivity contribution in [2.24, 2.45) is 5.92 Å². The highest BCUT2D eigenvalue weighted by atomic mass is 16.5. The fourth-order valence-electron chi connectivity index (χ4n) is 4.13. The van der Waals surface area contributed by atoms with Gasteiger partial charge in [-0.15, -0.1) is 0 Å². The molecule has 0 aromatic carbocycles. The van der Waals surface area contributed by atoms with Crippen LogP contribution in [0.25, 0.3) is 0 Å². The van der Waals surface area contributed by atoms with Crippen molar-refractivity contribution >= 4 is 0 Å². The third-order valence-corrected chi connectivity index (χ3v) is 6.47. The molecule has 0 aliphatic carbocycles. The minimum atomic E-state index is -0.146. The molecule has 1 heterocycles. The molecular formula is C30H50O3. The Kier molecular flexibility index (Phi) is 16.1. The van der Waals surface area contributed by atoms with E-state index >= 15 is 0 Å². The van der Waals surface area contributed by atoms with Crippen molar-refractivity contribution < 1.29 is 14.9 Å².